The Hall–Kier alpha value is -1.69. The molecule has 0 aliphatic carbocycles. The first-order valence-corrected chi connectivity index (χ1v) is 6.61. The minimum atomic E-state index is 0.309. The molecular weight excluding hydrogens is 281 g/mol. The van der Waals surface area contributed by atoms with Gasteiger partial charge in [0, 0.05) is 11.4 Å². The van der Waals surface area contributed by atoms with E-state index in [0.29, 0.717) is 28.8 Å². The molecule has 0 N–H and O–H groups in total. The monoisotopic (exact) mass is 291 g/mol. The van der Waals surface area contributed by atoms with Gasteiger partial charge in [-0.3, -0.25) is 0 Å². The van der Waals surface area contributed by atoms with E-state index in [4.69, 9.17) is 33.2 Å². The molecule has 0 bridgehead atoms. The molecule has 0 unspecified atom stereocenters. The van der Waals surface area contributed by atoms with Crippen LogP contribution in [-0.2, 0) is 12.5 Å². The van der Waals surface area contributed by atoms with Crippen LogP contribution in [0.2, 0.25) is 5.02 Å². The molecule has 0 amide bonds. The van der Waals surface area contributed by atoms with Crippen molar-refractivity contribution in [2.24, 2.45) is 0 Å². The maximum absolute atomic E-state index is 8.99. The third kappa shape index (κ3) is 3.41. The molecule has 0 heterocycles. The lowest BCUT2D eigenvalue weighted by Crippen LogP contribution is -1.98. The normalized spacial score (nSPS) is 9.95. The number of halogens is 2. The van der Waals surface area contributed by atoms with E-state index in [2.05, 4.69) is 6.07 Å². The lowest BCUT2D eigenvalue weighted by molar-refractivity contribution is 0.306. The molecule has 0 radical (unpaired) electrons. The average molecular weight is 292 g/mol. The minimum Gasteiger partial charge on any atom is -0.487 e. The van der Waals surface area contributed by atoms with Crippen LogP contribution in [0.5, 0.6) is 5.75 Å². The van der Waals surface area contributed by atoms with Crippen molar-refractivity contribution in [3.8, 4) is 11.8 Å². The molecule has 0 aliphatic heterocycles. The van der Waals surface area contributed by atoms with Gasteiger partial charge in [0.25, 0.3) is 0 Å². The smallest absolute Gasteiger partial charge is 0.138 e. The van der Waals surface area contributed by atoms with E-state index in [9.17, 15) is 0 Å². The molecule has 96 valence electrons. The SMILES string of the molecule is N#Cc1ccccc1COc1ccc(CCl)cc1Cl. The molecule has 2 rings (SSSR count). The van der Waals surface area contributed by atoms with Gasteiger partial charge in [-0.05, 0) is 23.8 Å². The van der Waals surface area contributed by atoms with Crippen molar-refractivity contribution in [3.05, 3.63) is 64.2 Å². The standard InChI is InChI=1S/C15H11Cl2NO/c16-8-11-5-6-15(14(17)7-11)19-10-13-4-2-1-3-12(13)9-18/h1-7H,8,10H2. The van der Waals surface area contributed by atoms with Gasteiger partial charge >= 0.3 is 0 Å². The summed E-state index contributed by atoms with van der Waals surface area (Å²) < 4.78 is 5.64. The Kier molecular flexibility index (Phi) is 4.68. The zero-order valence-corrected chi connectivity index (χ0v) is 11.6. The third-order valence-electron chi connectivity index (χ3n) is 2.67. The minimum absolute atomic E-state index is 0.309. The second kappa shape index (κ2) is 6.47. The highest BCUT2D eigenvalue weighted by Gasteiger charge is 2.05. The fraction of sp³-hybridized carbons (Fsp3) is 0.133. The van der Waals surface area contributed by atoms with Crippen molar-refractivity contribution in [2.75, 3.05) is 0 Å². The van der Waals surface area contributed by atoms with Crippen LogP contribution in [-0.4, -0.2) is 0 Å². The maximum Gasteiger partial charge on any atom is 0.138 e. The summed E-state index contributed by atoms with van der Waals surface area (Å²) >= 11 is 11.8. The predicted octanol–water partition coefficient (Wildman–Crippen LogP) is 4.53. The maximum atomic E-state index is 8.99. The van der Waals surface area contributed by atoms with Gasteiger partial charge in [0.15, 0.2) is 0 Å². The van der Waals surface area contributed by atoms with Crippen molar-refractivity contribution in [1.29, 1.82) is 5.26 Å². The Labute approximate surface area is 122 Å². The number of nitriles is 1. The van der Waals surface area contributed by atoms with E-state index in [0.717, 1.165) is 11.1 Å². The molecule has 0 aliphatic rings. The molecule has 0 aromatic heterocycles. The van der Waals surface area contributed by atoms with Crippen molar-refractivity contribution in [1.82, 2.24) is 0 Å². The van der Waals surface area contributed by atoms with Gasteiger partial charge in [0.2, 0.25) is 0 Å². The molecular formula is C15H11Cl2NO. The van der Waals surface area contributed by atoms with Crippen LogP contribution in [0.25, 0.3) is 0 Å². The van der Waals surface area contributed by atoms with Crippen LogP contribution in [0.3, 0.4) is 0 Å². The number of nitrogens with zero attached hydrogens (tertiary/aromatic N) is 1. The molecule has 0 atom stereocenters. The van der Waals surface area contributed by atoms with E-state index < -0.39 is 0 Å². The van der Waals surface area contributed by atoms with Crippen LogP contribution in [0.4, 0.5) is 0 Å². The first-order valence-electron chi connectivity index (χ1n) is 5.70. The fourth-order valence-corrected chi connectivity index (χ4v) is 2.08. The molecule has 2 nitrogen and oxygen atoms in total. The molecule has 2 aromatic rings. The predicted molar refractivity (Wildman–Crippen MR) is 76.5 cm³/mol. The Morgan fingerprint density at radius 2 is 1.95 bits per heavy atom. The van der Waals surface area contributed by atoms with Crippen molar-refractivity contribution < 1.29 is 4.74 Å². The van der Waals surface area contributed by atoms with E-state index in [1.54, 1.807) is 18.2 Å². The molecule has 4 heteroatoms. The molecule has 0 spiro atoms. The van der Waals surface area contributed by atoms with Crippen LogP contribution in [0.1, 0.15) is 16.7 Å². The highest BCUT2D eigenvalue weighted by molar-refractivity contribution is 6.32. The zero-order valence-electron chi connectivity index (χ0n) is 10.1. The van der Waals surface area contributed by atoms with Crippen molar-refractivity contribution in [3.63, 3.8) is 0 Å². The highest BCUT2D eigenvalue weighted by Crippen LogP contribution is 2.27. The summed E-state index contributed by atoms with van der Waals surface area (Å²) in [6, 6.07) is 14.9. The van der Waals surface area contributed by atoms with Gasteiger partial charge in [-0.1, -0.05) is 35.9 Å². The number of benzene rings is 2. The van der Waals surface area contributed by atoms with Gasteiger partial charge in [-0.15, -0.1) is 11.6 Å². The fourth-order valence-electron chi connectivity index (χ4n) is 1.66. The third-order valence-corrected chi connectivity index (χ3v) is 3.28. The molecule has 0 saturated heterocycles. The quantitative estimate of drug-likeness (QED) is 0.776. The molecule has 0 fully saturated rings. The molecule has 0 saturated carbocycles. The van der Waals surface area contributed by atoms with E-state index in [1.165, 1.54) is 0 Å². The summed E-state index contributed by atoms with van der Waals surface area (Å²) in [4.78, 5) is 0. The van der Waals surface area contributed by atoms with Crippen molar-refractivity contribution in [2.45, 2.75) is 12.5 Å². The number of alkyl halides is 1. The Bertz CT molecular complexity index is 620. The lowest BCUT2D eigenvalue weighted by Gasteiger charge is -2.09. The zero-order chi connectivity index (χ0) is 13.7. The van der Waals surface area contributed by atoms with E-state index in [-0.39, 0.29) is 0 Å². The first kappa shape index (κ1) is 13.7. The molecule has 2 aromatic carbocycles. The first-order chi connectivity index (χ1) is 9.24. The summed E-state index contributed by atoms with van der Waals surface area (Å²) in [7, 11) is 0. The van der Waals surface area contributed by atoms with E-state index >= 15 is 0 Å². The number of rotatable bonds is 4. The van der Waals surface area contributed by atoms with Gasteiger partial charge < -0.3 is 4.74 Å². The number of hydrogen-bond acceptors (Lipinski definition) is 2. The summed E-state index contributed by atoms with van der Waals surface area (Å²) in [5.74, 6) is 1.00. The van der Waals surface area contributed by atoms with Crippen LogP contribution < -0.4 is 4.74 Å². The average Bonchev–Trinajstić information content (AvgIpc) is 2.46. The second-order valence-corrected chi connectivity index (χ2v) is 4.63. The highest BCUT2D eigenvalue weighted by atomic mass is 35.5. The Balaban J connectivity index is 2.13. The summed E-state index contributed by atoms with van der Waals surface area (Å²) in [5, 5.41) is 9.51. The van der Waals surface area contributed by atoms with Gasteiger partial charge in [0.1, 0.15) is 12.4 Å². The van der Waals surface area contributed by atoms with Gasteiger partial charge in [0.05, 0.1) is 16.7 Å². The second-order valence-electron chi connectivity index (χ2n) is 3.96. The lowest BCUT2D eigenvalue weighted by atomic mass is 10.1. The van der Waals surface area contributed by atoms with Crippen LogP contribution in [0, 0.1) is 11.3 Å². The summed E-state index contributed by atoms with van der Waals surface area (Å²) in [5.41, 5.74) is 2.38. The number of hydrogen-bond donors (Lipinski definition) is 0. The van der Waals surface area contributed by atoms with Gasteiger partial charge in [-0.25, -0.2) is 0 Å². The largest absolute Gasteiger partial charge is 0.487 e. The summed E-state index contributed by atoms with van der Waals surface area (Å²) in [6.45, 7) is 0.309. The van der Waals surface area contributed by atoms with Crippen LogP contribution >= 0.6 is 23.2 Å². The number of ether oxygens (including phenoxy) is 1. The van der Waals surface area contributed by atoms with Gasteiger partial charge in [-0.2, -0.15) is 5.26 Å². The Morgan fingerprint density at radius 3 is 2.63 bits per heavy atom. The van der Waals surface area contributed by atoms with E-state index in [1.807, 2.05) is 24.3 Å². The van der Waals surface area contributed by atoms with Crippen molar-refractivity contribution >= 4 is 23.2 Å². The van der Waals surface area contributed by atoms with Crippen LogP contribution in [0.15, 0.2) is 42.5 Å². The Morgan fingerprint density at radius 1 is 1.16 bits per heavy atom. The topological polar surface area (TPSA) is 33.0 Å². The summed E-state index contributed by atoms with van der Waals surface area (Å²) in [6.07, 6.45) is 0. The molecule has 19 heavy (non-hydrogen) atoms.